The number of esters is 1. The van der Waals surface area contributed by atoms with Crippen molar-refractivity contribution < 1.29 is 18.7 Å². The van der Waals surface area contributed by atoms with Crippen LogP contribution >= 0.6 is 11.8 Å². The lowest BCUT2D eigenvalue weighted by atomic mass is 10.2. The van der Waals surface area contributed by atoms with Crippen LogP contribution in [0, 0.1) is 6.92 Å². The lowest BCUT2D eigenvalue weighted by Gasteiger charge is -2.13. The van der Waals surface area contributed by atoms with Crippen molar-refractivity contribution in [3.05, 3.63) is 29.7 Å². The number of nitrogens with one attached hydrogen (secondary N) is 1. The van der Waals surface area contributed by atoms with E-state index in [1.54, 1.807) is 26.0 Å². The van der Waals surface area contributed by atoms with Crippen LogP contribution in [-0.4, -0.2) is 40.2 Å². The van der Waals surface area contributed by atoms with E-state index in [0.29, 0.717) is 22.3 Å². The Morgan fingerprint density at radius 2 is 2.12 bits per heavy atom. The summed E-state index contributed by atoms with van der Waals surface area (Å²) in [5.41, 5.74) is 0.762. The second-order valence-electron chi connectivity index (χ2n) is 5.68. The van der Waals surface area contributed by atoms with Gasteiger partial charge >= 0.3 is 5.97 Å². The van der Waals surface area contributed by atoms with Crippen molar-refractivity contribution in [3.63, 3.8) is 0 Å². The molecule has 1 atom stereocenters. The first-order valence-corrected chi connectivity index (χ1v) is 9.46. The second kappa shape index (κ2) is 9.38. The van der Waals surface area contributed by atoms with Gasteiger partial charge in [-0.3, -0.25) is 4.79 Å². The maximum Gasteiger partial charge on any atom is 0.342 e. The number of amides is 1. The van der Waals surface area contributed by atoms with Crippen LogP contribution in [0.5, 0.6) is 0 Å². The molecule has 2 aromatic rings. The van der Waals surface area contributed by atoms with Gasteiger partial charge in [-0.1, -0.05) is 18.7 Å². The van der Waals surface area contributed by atoms with Crippen LogP contribution in [0.2, 0.25) is 0 Å². The molecule has 0 bridgehead atoms. The number of ether oxygens (including phenoxy) is 1. The Morgan fingerprint density at radius 1 is 1.35 bits per heavy atom. The first-order chi connectivity index (χ1) is 12.5. The van der Waals surface area contributed by atoms with E-state index in [-0.39, 0.29) is 29.9 Å². The van der Waals surface area contributed by atoms with Crippen LogP contribution in [0.1, 0.15) is 43.2 Å². The van der Waals surface area contributed by atoms with Crippen molar-refractivity contribution in [2.75, 3.05) is 12.4 Å². The molecular formula is C18H23N3O4S. The number of hydrogen-bond acceptors (Lipinski definition) is 7. The molecule has 0 radical (unpaired) electrons. The molecule has 2 rings (SSSR count). The molecular weight excluding hydrogens is 354 g/mol. The Kier molecular flexibility index (Phi) is 7.20. The molecule has 0 unspecified atom stereocenters. The summed E-state index contributed by atoms with van der Waals surface area (Å²) in [6, 6.07) is 3.57. The summed E-state index contributed by atoms with van der Waals surface area (Å²) in [5, 5.41) is 3.30. The van der Waals surface area contributed by atoms with E-state index in [1.807, 2.05) is 13.8 Å². The molecule has 2 heterocycles. The zero-order valence-corrected chi connectivity index (χ0v) is 16.2. The van der Waals surface area contributed by atoms with Gasteiger partial charge in [0.2, 0.25) is 5.91 Å². The number of aromatic nitrogens is 2. The number of carbonyl (C=O) groups excluding carboxylic acids is 2. The van der Waals surface area contributed by atoms with Crippen molar-refractivity contribution >= 4 is 23.6 Å². The fourth-order valence-electron chi connectivity index (χ4n) is 2.16. The minimum Gasteiger partial charge on any atom is -0.462 e. The summed E-state index contributed by atoms with van der Waals surface area (Å²) in [6.45, 7) is 7.63. The number of furan rings is 1. The zero-order chi connectivity index (χ0) is 19.1. The van der Waals surface area contributed by atoms with Crippen LogP contribution in [0.3, 0.4) is 0 Å². The Hall–Kier alpha value is -2.35. The number of rotatable bonds is 8. The summed E-state index contributed by atoms with van der Waals surface area (Å²) in [7, 11) is 0. The largest absolute Gasteiger partial charge is 0.462 e. The lowest BCUT2D eigenvalue weighted by Crippen LogP contribution is -2.33. The lowest BCUT2D eigenvalue weighted by molar-refractivity contribution is -0.119. The van der Waals surface area contributed by atoms with Crippen LogP contribution in [-0.2, 0) is 9.53 Å². The number of hydrogen-bond donors (Lipinski definition) is 1. The normalized spacial score (nSPS) is 11.8. The predicted octanol–water partition coefficient (Wildman–Crippen LogP) is 3.23. The van der Waals surface area contributed by atoms with E-state index in [2.05, 4.69) is 15.3 Å². The zero-order valence-electron chi connectivity index (χ0n) is 15.4. The van der Waals surface area contributed by atoms with Gasteiger partial charge in [-0.25, -0.2) is 14.8 Å². The van der Waals surface area contributed by atoms with Crippen molar-refractivity contribution in [3.8, 4) is 11.6 Å². The van der Waals surface area contributed by atoms with Gasteiger partial charge in [-0.2, -0.15) is 0 Å². The van der Waals surface area contributed by atoms with E-state index in [9.17, 15) is 9.59 Å². The molecule has 1 N–H and O–H groups in total. The molecule has 2 aromatic heterocycles. The Morgan fingerprint density at radius 3 is 2.73 bits per heavy atom. The third-order valence-electron chi connectivity index (χ3n) is 3.64. The van der Waals surface area contributed by atoms with E-state index in [0.717, 1.165) is 6.42 Å². The molecule has 0 aliphatic rings. The molecule has 7 nitrogen and oxygen atoms in total. The van der Waals surface area contributed by atoms with E-state index in [1.165, 1.54) is 18.0 Å². The highest BCUT2D eigenvalue weighted by molar-refractivity contribution is 8.00. The number of thioether (sulfide) groups is 1. The SMILES string of the molecule is CCOC(=O)c1c(C)nc(-c2ccco2)nc1SCC(=O)N[C@@H](C)CC. The summed E-state index contributed by atoms with van der Waals surface area (Å²) in [6.07, 6.45) is 2.37. The van der Waals surface area contributed by atoms with Crippen molar-refractivity contribution in [2.24, 2.45) is 0 Å². The van der Waals surface area contributed by atoms with Crippen molar-refractivity contribution in [1.82, 2.24) is 15.3 Å². The molecule has 0 aliphatic carbocycles. The van der Waals surface area contributed by atoms with Gasteiger partial charge in [0.25, 0.3) is 0 Å². The van der Waals surface area contributed by atoms with Gasteiger partial charge in [0.05, 0.1) is 24.3 Å². The Balaban J connectivity index is 2.30. The molecule has 8 heteroatoms. The highest BCUT2D eigenvalue weighted by Crippen LogP contribution is 2.27. The molecule has 1 amide bonds. The van der Waals surface area contributed by atoms with Gasteiger partial charge in [0.1, 0.15) is 10.6 Å². The average molecular weight is 377 g/mol. The minimum absolute atomic E-state index is 0.0958. The number of carbonyl (C=O) groups is 2. The average Bonchev–Trinajstić information content (AvgIpc) is 3.14. The highest BCUT2D eigenvalue weighted by Gasteiger charge is 2.22. The van der Waals surface area contributed by atoms with Gasteiger partial charge < -0.3 is 14.5 Å². The van der Waals surface area contributed by atoms with Gasteiger partial charge in [-0.15, -0.1) is 0 Å². The van der Waals surface area contributed by atoms with Crippen LogP contribution in [0.15, 0.2) is 27.8 Å². The third-order valence-corrected chi connectivity index (χ3v) is 4.61. The van der Waals surface area contributed by atoms with Crippen LogP contribution in [0.25, 0.3) is 11.6 Å². The Bertz CT molecular complexity index is 762. The van der Waals surface area contributed by atoms with Gasteiger partial charge in [0, 0.05) is 6.04 Å². The summed E-state index contributed by atoms with van der Waals surface area (Å²) in [4.78, 5) is 33.2. The molecule has 0 aromatic carbocycles. The Labute approximate surface area is 156 Å². The standard InChI is InChI=1S/C18H23N3O4S/c1-5-11(3)19-14(22)10-26-17-15(18(23)24-6-2)12(4)20-16(21-17)13-8-7-9-25-13/h7-9,11H,5-6,10H2,1-4H3,(H,19,22)/t11-/m0/s1. The summed E-state index contributed by atoms with van der Waals surface area (Å²) < 4.78 is 10.5. The fourth-order valence-corrected chi connectivity index (χ4v) is 3.04. The second-order valence-corrected chi connectivity index (χ2v) is 6.64. The van der Waals surface area contributed by atoms with Crippen molar-refractivity contribution in [1.29, 1.82) is 0 Å². The van der Waals surface area contributed by atoms with E-state index >= 15 is 0 Å². The monoisotopic (exact) mass is 377 g/mol. The number of nitrogens with zero attached hydrogens (tertiary/aromatic N) is 2. The molecule has 0 saturated carbocycles. The molecule has 0 aliphatic heterocycles. The quantitative estimate of drug-likeness (QED) is 0.429. The summed E-state index contributed by atoms with van der Waals surface area (Å²) in [5.74, 6) is 0.390. The highest BCUT2D eigenvalue weighted by atomic mass is 32.2. The van der Waals surface area contributed by atoms with Gasteiger partial charge in [0.15, 0.2) is 11.6 Å². The van der Waals surface area contributed by atoms with Crippen molar-refractivity contribution in [2.45, 2.75) is 45.2 Å². The molecule has 0 spiro atoms. The smallest absolute Gasteiger partial charge is 0.342 e. The molecule has 0 fully saturated rings. The first-order valence-electron chi connectivity index (χ1n) is 8.48. The third kappa shape index (κ3) is 5.08. The predicted molar refractivity (Wildman–Crippen MR) is 99.0 cm³/mol. The van der Waals surface area contributed by atoms with Gasteiger partial charge in [-0.05, 0) is 39.3 Å². The maximum absolute atomic E-state index is 12.3. The number of aryl methyl sites for hydroxylation is 1. The summed E-state index contributed by atoms with van der Waals surface area (Å²) >= 11 is 1.18. The first kappa shape index (κ1) is 20.0. The van der Waals surface area contributed by atoms with E-state index in [4.69, 9.17) is 9.15 Å². The minimum atomic E-state index is -0.499. The molecule has 140 valence electrons. The van der Waals surface area contributed by atoms with Crippen LogP contribution in [0.4, 0.5) is 0 Å². The van der Waals surface area contributed by atoms with E-state index < -0.39 is 5.97 Å². The topological polar surface area (TPSA) is 94.3 Å². The molecule has 0 saturated heterocycles. The fraction of sp³-hybridized carbons (Fsp3) is 0.444. The van der Waals surface area contributed by atoms with Crippen LogP contribution < -0.4 is 5.32 Å². The maximum atomic E-state index is 12.3. The molecule has 26 heavy (non-hydrogen) atoms.